The van der Waals surface area contributed by atoms with E-state index in [1.54, 1.807) is 0 Å². The van der Waals surface area contributed by atoms with Crippen LogP contribution < -0.4 is 5.32 Å². The molecule has 20 heavy (non-hydrogen) atoms. The Labute approximate surface area is 119 Å². The van der Waals surface area contributed by atoms with Gasteiger partial charge in [0, 0.05) is 31.9 Å². The van der Waals surface area contributed by atoms with Crippen LogP contribution in [0.4, 0.5) is 4.39 Å². The van der Waals surface area contributed by atoms with E-state index in [1.807, 2.05) is 43.9 Å². The van der Waals surface area contributed by atoms with E-state index in [9.17, 15) is 4.39 Å². The minimum atomic E-state index is -0.103. The molecule has 1 heterocycles. The van der Waals surface area contributed by atoms with Crippen molar-refractivity contribution in [3.8, 4) is 0 Å². The average Bonchev–Trinajstić information content (AvgIpc) is 2.76. The van der Waals surface area contributed by atoms with E-state index in [1.165, 1.54) is 5.56 Å². The molecule has 0 aliphatic heterocycles. The van der Waals surface area contributed by atoms with Crippen LogP contribution in [-0.2, 0) is 26.6 Å². The van der Waals surface area contributed by atoms with Crippen LogP contribution in [0.1, 0.15) is 34.9 Å². The van der Waals surface area contributed by atoms with Gasteiger partial charge in [-0.05, 0) is 37.0 Å². The molecule has 0 saturated carbocycles. The molecule has 0 bridgehead atoms. The van der Waals surface area contributed by atoms with Gasteiger partial charge in [0.1, 0.15) is 5.82 Å². The van der Waals surface area contributed by atoms with Crippen molar-refractivity contribution in [1.82, 2.24) is 15.1 Å². The van der Waals surface area contributed by atoms with Gasteiger partial charge in [-0.25, -0.2) is 4.39 Å². The number of nitrogens with one attached hydrogen (secondary N) is 1. The Morgan fingerprint density at radius 3 is 2.45 bits per heavy atom. The van der Waals surface area contributed by atoms with Crippen molar-refractivity contribution in [3.05, 3.63) is 52.1 Å². The van der Waals surface area contributed by atoms with E-state index in [-0.39, 0.29) is 5.82 Å². The SMILES string of the molecule is CCc1nn(C)cc1CNCc1cc(C)c(F)c(C)c1. The van der Waals surface area contributed by atoms with Crippen LogP contribution in [0.15, 0.2) is 18.3 Å². The predicted octanol–water partition coefficient (Wildman–Crippen LogP) is 3.03. The fourth-order valence-corrected chi connectivity index (χ4v) is 2.51. The van der Waals surface area contributed by atoms with Crippen LogP contribution in [0.25, 0.3) is 0 Å². The Bertz CT molecular complexity index is 579. The molecule has 0 amide bonds. The van der Waals surface area contributed by atoms with E-state index in [0.29, 0.717) is 11.1 Å². The highest BCUT2D eigenvalue weighted by Gasteiger charge is 2.07. The van der Waals surface area contributed by atoms with Crippen molar-refractivity contribution >= 4 is 0 Å². The zero-order valence-corrected chi connectivity index (χ0v) is 12.6. The molecular weight excluding hydrogens is 253 g/mol. The normalized spacial score (nSPS) is 11.1. The minimum absolute atomic E-state index is 0.103. The third kappa shape index (κ3) is 3.25. The Morgan fingerprint density at radius 2 is 1.85 bits per heavy atom. The molecule has 0 atom stereocenters. The third-order valence-corrected chi connectivity index (χ3v) is 3.47. The van der Waals surface area contributed by atoms with E-state index >= 15 is 0 Å². The molecule has 108 valence electrons. The highest BCUT2D eigenvalue weighted by molar-refractivity contribution is 5.30. The maximum Gasteiger partial charge on any atom is 0.129 e. The second-order valence-corrected chi connectivity index (χ2v) is 5.28. The van der Waals surface area contributed by atoms with Gasteiger partial charge in [0.05, 0.1) is 5.69 Å². The van der Waals surface area contributed by atoms with Crippen LogP contribution in [0, 0.1) is 19.7 Å². The van der Waals surface area contributed by atoms with Gasteiger partial charge in [-0.15, -0.1) is 0 Å². The summed E-state index contributed by atoms with van der Waals surface area (Å²) < 4.78 is 15.4. The van der Waals surface area contributed by atoms with Gasteiger partial charge in [0.25, 0.3) is 0 Å². The molecule has 1 N–H and O–H groups in total. The maximum absolute atomic E-state index is 13.6. The molecule has 2 rings (SSSR count). The molecule has 0 fully saturated rings. The topological polar surface area (TPSA) is 29.9 Å². The smallest absolute Gasteiger partial charge is 0.129 e. The van der Waals surface area contributed by atoms with Gasteiger partial charge in [-0.3, -0.25) is 4.68 Å². The van der Waals surface area contributed by atoms with Gasteiger partial charge >= 0.3 is 0 Å². The number of nitrogens with zero attached hydrogens (tertiary/aromatic N) is 2. The summed E-state index contributed by atoms with van der Waals surface area (Å²) in [6.07, 6.45) is 2.99. The van der Waals surface area contributed by atoms with Crippen molar-refractivity contribution in [3.63, 3.8) is 0 Å². The van der Waals surface area contributed by atoms with E-state index < -0.39 is 0 Å². The molecule has 0 unspecified atom stereocenters. The molecule has 0 aliphatic rings. The number of aromatic nitrogens is 2. The first-order valence-corrected chi connectivity index (χ1v) is 6.99. The molecule has 0 aliphatic carbocycles. The first-order valence-electron chi connectivity index (χ1n) is 6.99. The molecular formula is C16H22FN3. The summed E-state index contributed by atoms with van der Waals surface area (Å²) in [5.74, 6) is -0.103. The summed E-state index contributed by atoms with van der Waals surface area (Å²) in [7, 11) is 1.94. The molecule has 2 aromatic rings. The lowest BCUT2D eigenvalue weighted by atomic mass is 10.1. The zero-order valence-electron chi connectivity index (χ0n) is 12.6. The highest BCUT2D eigenvalue weighted by atomic mass is 19.1. The number of aryl methyl sites for hydroxylation is 4. The fraction of sp³-hybridized carbons (Fsp3) is 0.438. The van der Waals surface area contributed by atoms with Gasteiger partial charge < -0.3 is 5.32 Å². The zero-order chi connectivity index (χ0) is 14.7. The largest absolute Gasteiger partial charge is 0.308 e. The lowest BCUT2D eigenvalue weighted by Crippen LogP contribution is -2.14. The number of halogens is 1. The van der Waals surface area contributed by atoms with Crippen LogP contribution in [0.5, 0.6) is 0 Å². The summed E-state index contributed by atoms with van der Waals surface area (Å²) in [5, 5.41) is 7.83. The second kappa shape index (κ2) is 6.18. The molecule has 1 aromatic carbocycles. The Balaban J connectivity index is 1.99. The Kier molecular flexibility index (Phi) is 4.55. The lowest BCUT2D eigenvalue weighted by Gasteiger charge is -2.08. The summed E-state index contributed by atoms with van der Waals surface area (Å²) in [6, 6.07) is 3.80. The molecule has 0 spiro atoms. The van der Waals surface area contributed by atoms with Gasteiger partial charge in [0.2, 0.25) is 0 Å². The number of benzene rings is 1. The average molecular weight is 275 g/mol. The number of rotatable bonds is 5. The minimum Gasteiger partial charge on any atom is -0.308 e. The lowest BCUT2D eigenvalue weighted by molar-refractivity contribution is 0.606. The quantitative estimate of drug-likeness (QED) is 0.909. The molecule has 0 saturated heterocycles. The standard InChI is InChI=1S/C16H22FN3/c1-5-15-14(10-20(4)19-15)9-18-8-13-6-11(2)16(17)12(3)7-13/h6-7,10,18H,5,8-9H2,1-4H3. The number of hydrogen-bond acceptors (Lipinski definition) is 2. The molecule has 1 aromatic heterocycles. The monoisotopic (exact) mass is 275 g/mol. The molecule has 3 nitrogen and oxygen atoms in total. The van der Waals surface area contributed by atoms with E-state index in [2.05, 4.69) is 17.3 Å². The predicted molar refractivity (Wildman–Crippen MR) is 79.0 cm³/mol. The van der Waals surface area contributed by atoms with Crippen molar-refractivity contribution in [1.29, 1.82) is 0 Å². The van der Waals surface area contributed by atoms with Gasteiger partial charge in [-0.2, -0.15) is 5.10 Å². The van der Waals surface area contributed by atoms with Gasteiger partial charge in [-0.1, -0.05) is 19.1 Å². The van der Waals surface area contributed by atoms with E-state index in [0.717, 1.165) is 30.8 Å². The fourth-order valence-electron chi connectivity index (χ4n) is 2.51. The Morgan fingerprint density at radius 1 is 1.20 bits per heavy atom. The summed E-state index contributed by atoms with van der Waals surface area (Å²) in [5.41, 5.74) is 4.88. The van der Waals surface area contributed by atoms with Gasteiger partial charge in [0.15, 0.2) is 0 Å². The van der Waals surface area contributed by atoms with Crippen molar-refractivity contribution in [2.24, 2.45) is 7.05 Å². The second-order valence-electron chi connectivity index (χ2n) is 5.28. The summed E-state index contributed by atoms with van der Waals surface area (Å²) >= 11 is 0. The maximum atomic E-state index is 13.6. The number of hydrogen-bond donors (Lipinski definition) is 1. The van der Waals surface area contributed by atoms with E-state index in [4.69, 9.17) is 0 Å². The van der Waals surface area contributed by atoms with Crippen LogP contribution in [0.3, 0.4) is 0 Å². The third-order valence-electron chi connectivity index (χ3n) is 3.47. The van der Waals surface area contributed by atoms with Crippen molar-refractivity contribution in [2.75, 3.05) is 0 Å². The first-order chi connectivity index (χ1) is 9.51. The Hall–Kier alpha value is -1.68. The first kappa shape index (κ1) is 14.7. The van der Waals surface area contributed by atoms with Crippen molar-refractivity contribution < 1.29 is 4.39 Å². The summed E-state index contributed by atoms with van der Waals surface area (Å²) in [6.45, 7) is 7.25. The van der Waals surface area contributed by atoms with Crippen molar-refractivity contribution in [2.45, 2.75) is 40.3 Å². The van der Waals surface area contributed by atoms with Crippen LogP contribution in [-0.4, -0.2) is 9.78 Å². The highest BCUT2D eigenvalue weighted by Crippen LogP contribution is 2.15. The molecule has 0 radical (unpaired) electrons. The van der Waals surface area contributed by atoms with Crippen LogP contribution in [0.2, 0.25) is 0 Å². The summed E-state index contributed by atoms with van der Waals surface area (Å²) in [4.78, 5) is 0. The molecule has 4 heteroatoms. The van der Waals surface area contributed by atoms with Crippen LogP contribution >= 0.6 is 0 Å².